The molecule has 2 heterocycles. The predicted octanol–water partition coefficient (Wildman–Crippen LogP) is 4.80. The van der Waals surface area contributed by atoms with Gasteiger partial charge in [-0.25, -0.2) is 0 Å². The highest BCUT2D eigenvalue weighted by molar-refractivity contribution is 6.46. The number of hydrogen-bond donors (Lipinski definition) is 1. The Hall–Kier alpha value is -3.19. The molecule has 35 heavy (non-hydrogen) atoms. The van der Waals surface area contributed by atoms with Crippen molar-refractivity contribution in [1.29, 1.82) is 0 Å². The fourth-order valence-electron chi connectivity index (χ4n) is 4.46. The molecule has 1 fully saturated rings. The lowest BCUT2D eigenvalue weighted by molar-refractivity contribution is -0.140. The first kappa shape index (κ1) is 26.4. The lowest BCUT2D eigenvalue weighted by atomic mass is 9.96. The molecule has 0 saturated carbocycles. The monoisotopic (exact) mass is 479 g/mol. The molecule has 0 radical (unpaired) electrons. The van der Waals surface area contributed by atoms with Crippen LogP contribution in [0.3, 0.4) is 0 Å². The third-order valence-corrected chi connectivity index (χ3v) is 6.43. The summed E-state index contributed by atoms with van der Waals surface area (Å²) in [7, 11) is 1.56. The van der Waals surface area contributed by atoms with Crippen molar-refractivity contribution in [2.45, 2.75) is 52.0 Å². The van der Waals surface area contributed by atoms with Gasteiger partial charge < -0.3 is 19.6 Å². The molecule has 2 aromatic rings. The molecule has 1 atom stereocenters. The summed E-state index contributed by atoms with van der Waals surface area (Å²) in [6.45, 7) is 7.75. The molecule has 1 N–H and O–H groups in total. The van der Waals surface area contributed by atoms with Crippen LogP contribution in [0.2, 0.25) is 0 Å². The largest absolute Gasteiger partial charge is 0.507 e. The van der Waals surface area contributed by atoms with Gasteiger partial charge in [0.25, 0.3) is 11.7 Å². The number of unbranched alkanes of at least 4 members (excludes halogenated alkanes) is 2. The first-order chi connectivity index (χ1) is 17.0. The van der Waals surface area contributed by atoms with Gasteiger partial charge >= 0.3 is 0 Å². The van der Waals surface area contributed by atoms with E-state index in [1.165, 1.54) is 0 Å². The number of carbonyl (C=O) groups excluding carboxylic acids is 2. The summed E-state index contributed by atoms with van der Waals surface area (Å²) in [4.78, 5) is 34.5. The number of aliphatic hydroxyl groups excluding tert-OH is 1. The number of rotatable bonds is 13. The minimum absolute atomic E-state index is 0.0991. The summed E-state index contributed by atoms with van der Waals surface area (Å²) in [5.74, 6) is -0.792. The Morgan fingerprint density at radius 3 is 2.26 bits per heavy atom. The second kappa shape index (κ2) is 13.0. The number of carbonyl (C=O) groups is 2. The van der Waals surface area contributed by atoms with Gasteiger partial charge in [-0.15, -0.1) is 0 Å². The molecule has 0 aliphatic carbocycles. The SMILES string of the molecule is CCCCN(CCCC)CCCN1C(=O)C(=O)C(=C(O)c2ccc(OC)cc2)[C@@H]1c1cccnc1. The zero-order valence-corrected chi connectivity index (χ0v) is 21.1. The Morgan fingerprint density at radius 1 is 1.03 bits per heavy atom. The van der Waals surface area contributed by atoms with Gasteiger partial charge in [0.15, 0.2) is 0 Å². The second-order valence-corrected chi connectivity index (χ2v) is 8.91. The molecule has 1 aromatic carbocycles. The number of amides is 1. The van der Waals surface area contributed by atoms with E-state index in [0.29, 0.717) is 23.4 Å². The quantitative estimate of drug-likeness (QED) is 0.252. The van der Waals surface area contributed by atoms with Crippen LogP contribution in [0.1, 0.15) is 63.1 Å². The number of ether oxygens (including phenoxy) is 1. The molecular weight excluding hydrogens is 442 g/mol. The van der Waals surface area contributed by atoms with E-state index in [0.717, 1.165) is 51.7 Å². The van der Waals surface area contributed by atoms with E-state index in [4.69, 9.17) is 4.74 Å². The number of Topliss-reactive ketones (excluding diaryl/α,β-unsaturated/α-hetero) is 1. The molecule has 7 heteroatoms. The third-order valence-electron chi connectivity index (χ3n) is 6.43. The molecular formula is C28H37N3O4. The van der Waals surface area contributed by atoms with Crippen LogP contribution >= 0.6 is 0 Å². The summed E-state index contributed by atoms with van der Waals surface area (Å²) < 4.78 is 5.19. The van der Waals surface area contributed by atoms with E-state index in [9.17, 15) is 14.7 Å². The minimum atomic E-state index is -0.675. The zero-order valence-electron chi connectivity index (χ0n) is 21.1. The smallest absolute Gasteiger partial charge is 0.295 e. The number of methoxy groups -OCH3 is 1. The zero-order chi connectivity index (χ0) is 25.2. The topological polar surface area (TPSA) is 83.0 Å². The van der Waals surface area contributed by atoms with Gasteiger partial charge in [-0.2, -0.15) is 0 Å². The average molecular weight is 480 g/mol. The maximum absolute atomic E-state index is 13.2. The highest BCUT2D eigenvalue weighted by atomic mass is 16.5. The van der Waals surface area contributed by atoms with Crippen molar-refractivity contribution >= 4 is 17.4 Å². The van der Waals surface area contributed by atoms with Crippen LogP contribution in [0.4, 0.5) is 0 Å². The number of pyridine rings is 1. The van der Waals surface area contributed by atoms with Crippen LogP contribution in [-0.4, -0.2) is 64.9 Å². The fourth-order valence-corrected chi connectivity index (χ4v) is 4.46. The number of likely N-dealkylation sites (tertiary alicyclic amines) is 1. The highest BCUT2D eigenvalue weighted by Crippen LogP contribution is 2.39. The van der Waals surface area contributed by atoms with Gasteiger partial charge in [0.05, 0.1) is 18.7 Å². The summed E-state index contributed by atoms with van der Waals surface area (Å²) >= 11 is 0. The molecule has 0 bridgehead atoms. The third kappa shape index (κ3) is 6.48. The molecule has 0 spiro atoms. The first-order valence-electron chi connectivity index (χ1n) is 12.6. The Morgan fingerprint density at radius 2 is 1.69 bits per heavy atom. The lowest BCUT2D eigenvalue weighted by Gasteiger charge is -2.27. The van der Waals surface area contributed by atoms with E-state index >= 15 is 0 Å². The van der Waals surface area contributed by atoms with Crippen LogP contribution in [0.15, 0.2) is 54.4 Å². The minimum Gasteiger partial charge on any atom is -0.507 e. The predicted molar refractivity (Wildman–Crippen MR) is 137 cm³/mol. The van der Waals surface area contributed by atoms with Crippen LogP contribution in [0.25, 0.3) is 5.76 Å². The molecule has 1 aromatic heterocycles. The molecule has 1 amide bonds. The van der Waals surface area contributed by atoms with Crippen molar-refractivity contribution in [3.63, 3.8) is 0 Å². The van der Waals surface area contributed by atoms with E-state index in [2.05, 4.69) is 23.7 Å². The highest BCUT2D eigenvalue weighted by Gasteiger charge is 2.45. The van der Waals surface area contributed by atoms with Gasteiger partial charge in [-0.1, -0.05) is 32.8 Å². The van der Waals surface area contributed by atoms with E-state index < -0.39 is 17.7 Å². The van der Waals surface area contributed by atoms with Crippen molar-refractivity contribution in [2.24, 2.45) is 0 Å². The van der Waals surface area contributed by atoms with Crippen LogP contribution in [-0.2, 0) is 9.59 Å². The summed E-state index contributed by atoms with van der Waals surface area (Å²) in [5.41, 5.74) is 1.26. The van der Waals surface area contributed by atoms with E-state index in [1.807, 2.05) is 6.07 Å². The Balaban J connectivity index is 1.88. The first-order valence-corrected chi connectivity index (χ1v) is 12.6. The second-order valence-electron chi connectivity index (χ2n) is 8.91. The summed E-state index contributed by atoms with van der Waals surface area (Å²) in [5, 5.41) is 11.1. The molecule has 1 aliphatic heterocycles. The number of nitrogens with zero attached hydrogens (tertiary/aromatic N) is 3. The standard InChI is InChI=1S/C28H37N3O4/c1-4-6-16-30(17-7-5-2)18-9-19-31-25(22-10-8-15-29-20-22)24(27(33)28(31)34)26(32)21-11-13-23(35-3)14-12-21/h8,10-15,20,25,32H,4-7,9,16-19H2,1-3H3/t25-/m0/s1. The number of aromatic nitrogens is 1. The van der Waals surface area contributed by atoms with Gasteiger partial charge in [-0.3, -0.25) is 14.6 Å². The number of hydrogen-bond acceptors (Lipinski definition) is 6. The molecule has 1 saturated heterocycles. The van der Waals surface area contributed by atoms with Crippen molar-refractivity contribution < 1.29 is 19.4 Å². The van der Waals surface area contributed by atoms with Gasteiger partial charge in [0.1, 0.15) is 11.5 Å². The maximum atomic E-state index is 13.2. The van der Waals surface area contributed by atoms with E-state index in [-0.39, 0.29) is 11.3 Å². The van der Waals surface area contributed by atoms with Crippen molar-refractivity contribution in [3.05, 3.63) is 65.5 Å². The molecule has 0 unspecified atom stereocenters. The Kier molecular flexibility index (Phi) is 9.85. The lowest BCUT2D eigenvalue weighted by Crippen LogP contribution is -2.34. The normalized spacial score (nSPS) is 17.4. The van der Waals surface area contributed by atoms with Crippen molar-refractivity contribution in [1.82, 2.24) is 14.8 Å². The summed E-state index contributed by atoms with van der Waals surface area (Å²) in [6.07, 6.45) is 8.63. The number of ketones is 1. The average Bonchev–Trinajstić information content (AvgIpc) is 3.15. The molecule has 1 aliphatic rings. The molecule has 7 nitrogen and oxygen atoms in total. The van der Waals surface area contributed by atoms with E-state index in [1.54, 1.807) is 54.7 Å². The van der Waals surface area contributed by atoms with Crippen LogP contribution in [0, 0.1) is 0 Å². The molecule has 188 valence electrons. The van der Waals surface area contributed by atoms with Crippen LogP contribution < -0.4 is 4.74 Å². The van der Waals surface area contributed by atoms with Gasteiger partial charge in [0.2, 0.25) is 0 Å². The number of benzene rings is 1. The Bertz CT molecular complexity index is 997. The van der Waals surface area contributed by atoms with Crippen LogP contribution in [0.5, 0.6) is 5.75 Å². The summed E-state index contributed by atoms with van der Waals surface area (Å²) in [6, 6.07) is 9.73. The van der Waals surface area contributed by atoms with Gasteiger partial charge in [0, 0.05) is 24.5 Å². The Labute approximate surface area is 208 Å². The van der Waals surface area contributed by atoms with Gasteiger partial charge in [-0.05, 0) is 74.8 Å². The maximum Gasteiger partial charge on any atom is 0.295 e. The van der Waals surface area contributed by atoms with Crippen molar-refractivity contribution in [2.75, 3.05) is 33.3 Å². The fraction of sp³-hybridized carbons (Fsp3) is 0.464. The molecule has 3 rings (SSSR count). The van der Waals surface area contributed by atoms with Crippen molar-refractivity contribution in [3.8, 4) is 5.75 Å². The number of aliphatic hydroxyl groups is 1.